The number of aromatic nitrogens is 3. The summed E-state index contributed by atoms with van der Waals surface area (Å²) in [4.78, 5) is 32.9. The van der Waals surface area contributed by atoms with Gasteiger partial charge in [0.1, 0.15) is 17.7 Å². The zero-order valence-electron chi connectivity index (χ0n) is 15.2. The maximum absolute atomic E-state index is 12.8. The van der Waals surface area contributed by atoms with Crippen LogP contribution in [0.4, 0.5) is 0 Å². The van der Waals surface area contributed by atoms with E-state index in [9.17, 15) is 9.59 Å². The summed E-state index contributed by atoms with van der Waals surface area (Å²) in [6.45, 7) is 4.27. The molecule has 0 aliphatic carbocycles. The summed E-state index contributed by atoms with van der Waals surface area (Å²) >= 11 is 0. The summed E-state index contributed by atoms with van der Waals surface area (Å²) in [5.74, 6) is -0.635. The van der Waals surface area contributed by atoms with Crippen LogP contribution in [0, 0.1) is 0 Å². The van der Waals surface area contributed by atoms with Crippen molar-refractivity contribution in [2.45, 2.75) is 32.2 Å². The van der Waals surface area contributed by atoms with E-state index in [0.717, 1.165) is 12.8 Å². The number of carbonyl (C=O) groups is 2. The lowest BCUT2D eigenvalue weighted by atomic mass is 9.94. The molecule has 0 atom stereocenters. The monoisotopic (exact) mass is 370 g/mol. The molecule has 3 rings (SSSR count). The Morgan fingerprint density at radius 2 is 2.07 bits per heavy atom. The van der Waals surface area contributed by atoms with Gasteiger partial charge in [-0.1, -0.05) is 13.8 Å². The average Bonchev–Trinajstić information content (AvgIpc) is 3.34. The highest BCUT2D eigenvalue weighted by Gasteiger charge is 2.24. The number of rotatable bonds is 7. The van der Waals surface area contributed by atoms with Crippen molar-refractivity contribution in [2.24, 2.45) is 11.5 Å². The smallest absolute Gasteiger partial charge is 0.271 e. The molecular weight excluding hydrogens is 348 g/mol. The zero-order chi connectivity index (χ0) is 19.6. The summed E-state index contributed by atoms with van der Waals surface area (Å²) in [6.07, 6.45) is 4.30. The molecule has 0 spiro atoms. The number of nitrogens with one attached hydrogen (secondary N) is 1. The minimum Gasteiger partial charge on any atom is -0.463 e. The summed E-state index contributed by atoms with van der Waals surface area (Å²) in [5.41, 5.74) is 12.0. The van der Waals surface area contributed by atoms with Crippen LogP contribution >= 0.6 is 0 Å². The second kappa shape index (κ2) is 7.20. The molecule has 0 aliphatic heterocycles. The lowest BCUT2D eigenvalue weighted by Gasteiger charge is -2.26. The van der Waals surface area contributed by atoms with Gasteiger partial charge in [0.15, 0.2) is 17.1 Å². The van der Waals surface area contributed by atoms with Crippen LogP contribution in [0.1, 0.15) is 47.7 Å². The maximum Gasteiger partial charge on any atom is 0.271 e. The van der Waals surface area contributed by atoms with E-state index in [-0.39, 0.29) is 22.9 Å². The number of primary amides is 1. The van der Waals surface area contributed by atoms with Gasteiger partial charge in [-0.3, -0.25) is 14.0 Å². The molecule has 0 saturated heterocycles. The molecule has 3 heterocycles. The van der Waals surface area contributed by atoms with Crippen LogP contribution in [-0.2, 0) is 0 Å². The summed E-state index contributed by atoms with van der Waals surface area (Å²) in [6, 6.07) is 4.99. The first-order chi connectivity index (χ1) is 12.9. The molecule has 0 aliphatic rings. The number of nitrogens with two attached hydrogens (primary N) is 2. The fraction of sp³-hybridized carbons (Fsp3) is 0.333. The predicted molar refractivity (Wildman–Crippen MR) is 99.0 cm³/mol. The highest BCUT2D eigenvalue weighted by atomic mass is 16.3. The molecule has 0 bridgehead atoms. The van der Waals surface area contributed by atoms with Gasteiger partial charge in [-0.2, -0.15) is 0 Å². The molecule has 3 aromatic heterocycles. The number of amides is 2. The van der Waals surface area contributed by atoms with Gasteiger partial charge >= 0.3 is 0 Å². The number of hydrogen-bond donors (Lipinski definition) is 3. The van der Waals surface area contributed by atoms with Crippen molar-refractivity contribution in [1.82, 2.24) is 19.7 Å². The number of fused-ring (bicyclic) bond motifs is 1. The van der Waals surface area contributed by atoms with Crippen LogP contribution in [0.15, 0.2) is 35.2 Å². The van der Waals surface area contributed by atoms with Crippen molar-refractivity contribution in [2.75, 3.05) is 6.54 Å². The summed E-state index contributed by atoms with van der Waals surface area (Å²) < 4.78 is 6.80. The minimum atomic E-state index is -0.731. The zero-order valence-corrected chi connectivity index (χ0v) is 15.2. The Kier molecular flexibility index (Phi) is 4.95. The van der Waals surface area contributed by atoms with Crippen LogP contribution in [0.2, 0.25) is 0 Å². The third-order valence-electron chi connectivity index (χ3n) is 4.75. The van der Waals surface area contributed by atoms with Crippen molar-refractivity contribution in [3.63, 3.8) is 0 Å². The quantitative estimate of drug-likeness (QED) is 0.573. The summed E-state index contributed by atoms with van der Waals surface area (Å²) in [7, 11) is 0. The largest absolute Gasteiger partial charge is 0.463 e. The Hall–Kier alpha value is -3.20. The van der Waals surface area contributed by atoms with Crippen LogP contribution in [0.3, 0.4) is 0 Å². The van der Waals surface area contributed by atoms with Crippen molar-refractivity contribution in [1.29, 1.82) is 0 Å². The third-order valence-corrected chi connectivity index (χ3v) is 4.75. The molecular formula is C18H22N6O3. The van der Waals surface area contributed by atoms with E-state index in [1.54, 1.807) is 18.2 Å². The highest BCUT2D eigenvalue weighted by Crippen LogP contribution is 2.22. The molecule has 5 N–H and O–H groups in total. The molecule has 0 radical (unpaired) electrons. The number of nitrogens with zero attached hydrogens (tertiary/aromatic N) is 3. The Labute approximate surface area is 155 Å². The lowest BCUT2D eigenvalue weighted by molar-refractivity contribution is 0.0934. The van der Waals surface area contributed by atoms with Crippen molar-refractivity contribution < 1.29 is 14.0 Å². The Morgan fingerprint density at radius 3 is 2.67 bits per heavy atom. The number of hydrogen-bond acceptors (Lipinski definition) is 6. The maximum atomic E-state index is 12.8. The lowest BCUT2D eigenvalue weighted by Crippen LogP contribution is -2.49. The first-order valence-electron chi connectivity index (χ1n) is 8.67. The van der Waals surface area contributed by atoms with E-state index in [1.165, 1.54) is 17.0 Å². The SMILES string of the molecule is CCC(N)(CC)CNC(=O)c1cc(-c2ccco2)nc2c(C(N)=O)ncn12. The van der Waals surface area contributed by atoms with Crippen molar-refractivity contribution in [3.8, 4) is 11.5 Å². The molecule has 3 aromatic rings. The topological polar surface area (TPSA) is 142 Å². The van der Waals surface area contributed by atoms with Crippen LogP contribution in [0.25, 0.3) is 17.1 Å². The Balaban J connectivity index is 2.05. The number of furan rings is 1. The predicted octanol–water partition coefficient (Wildman–Crippen LogP) is 1.34. The third kappa shape index (κ3) is 3.54. The molecule has 9 nitrogen and oxygen atoms in total. The van der Waals surface area contributed by atoms with Gasteiger partial charge in [-0.05, 0) is 31.0 Å². The van der Waals surface area contributed by atoms with Gasteiger partial charge in [-0.15, -0.1) is 0 Å². The van der Waals surface area contributed by atoms with Gasteiger partial charge in [-0.25, -0.2) is 9.97 Å². The van der Waals surface area contributed by atoms with E-state index in [4.69, 9.17) is 15.9 Å². The van der Waals surface area contributed by atoms with E-state index < -0.39 is 11.4 Å². The molecule has 142 valence electrons. The van der Waals surface area contributed by atoms with Crippen LogP contribution in [0.5, 0.6) is 0 Å². The standard InChI is InChI=1S/C18H22N6O3/c1-3-18(20,4-2)9-21-17(26)12-8-11(13-6-5-7-27-13)23-16-14(15(19)25)22-10-24(12)16/h5-8,10H,3-4,9,20H2,1-2H3,(H2,19,25)(H,21,26). The van der Waals surface area contributed by atoms with E-state index in [2.05, 4.69) is 15.3 Å². The average molecular weight is 370 g/mol. The van der Waals surface area contributed by atoms with E-state index in [1.807, 2.05) is 13.8 Å². The fourth-order valence-corrected chi connectivity index (χ4v) is 2.72. The van der Waals surface area contributed by atoms with Gasteiger partial charge in [0.05, 0.1) is 6.26 Å². The van der Waals surface area contributed by atoms with Crippen molar-refractivity contribution in [3.05, 3.63) is 42.2 Å². The molecule has 0 aromatic carbocycles. The van der Waals surface area contributed by atoms with Gasteiger partial charge in [0.25, 0.3) is 11.8 Å². The van der Waals surface area contributed by atoms with E-state index in [0.29, 0.717) is 18.0 Å². The molecule has 0 saturated carbocycles. The Bertz CT molecular complexity index is 973. The molecule has 9 heteroatoms. The molecule has 27 heavy (non-hydrogen) atoms. The first-order valence-corrected chi connectivity index (χ1v) is 8.67. The number of imidazole rings is 1. The van der Waals surface area contributed by atoms with Gasteiger partial charge in [0, 0.05) is 12.1 Å². The van der Waals surface area contributed by atoms with Crippen LogP contribution < -0.4 is 16.8 Å². The van der Waals surface area contributed by atoms with Crippen molar-refractivity contribution >= 4 is 17.5 Å². The van der Waals surface area contributed by atoms with Gasteiger partial charge in [0.2, 0.25) is 0 Å². The normalized spacial score (nSPS) is 11.7. The van der Waals surface area contributed by atoms with E-state index >= 15 is 0 Å². The Morgan fingerprint density at radius 1 is 1.33 bits per heavy atom. The molecule has 2 amide bonds. The second-order valence-electron chi connectivity index (χ2n) is 6.41. The van der Waals surface area contributed by atoms with Gasteiger partial charge < -0.3 is 21.2 Å². The summed E-state index contributed by atoms with van der Waals surface area (Å²) in [5, 5.41) is 2.86. The highest BCUT2D eigenvalue weighted by molar-refractivity contribution is 5.99. The second-order valence-corrected chi connectivity index (χ2v) is 6.41. The number of carbonyl (C=O) groups excluding carboxylic acids is 2. The fourth-order valence-electron chi connectivity index (χ4n) is 2.72. The first kappa shape index (κ1) is 18.6. The minimum absolute atomic E-state index is 0.0206. The molecule has 0 unspecified atom stereocenters. The van der Waals surface area contributed by atoms with Crippen LogP contribution in [-0.4, -0.2) is 38.3 Å². The molecule has 0 fully saturated rings.